The predicted octanol–water partition coefficient (Wildman–Crippen LogP) is 1.65. The normalized spacial score (nSPS) is 10.9. The fraction of sp³-hybridized carbons (Fsp3) is 0.250. The minimum absolute atomic E-state index is 0.189. The monoisotopic (exact) mass is 302 g/mol. The average Bonchev–Trinajstić information content (AvgIpc) is 2.33. The van der Waals surface area contributed by atoms with Crippen molar-refractivity contribution in [3.63, 3.8) is 0 Å². The number of hydrogen-bond acceptors (Lipinski definition) is 3. The van der Waals surface area contributed by atoms with E-state index in [0.29, 0.717) is 12.2 Å². The summed E-state index contributed by atoms with van der Waals surface area (Å²) < 4.78 is 23.9. The van der Waals surface area contributed by atoms with E-state index in [9.17, 15) is 13.2 Å². The van der Waals surface area contributed by atoms with Crippen molar-refractivity contribution in [3.05, 3.63) is 41.4 Å². The van der Waals surface area contributed by atoms with Gasteiger partial charge in [0.1, 0.15) is 0 Å². The Hall–Kier alpha value is -1.53. The van der Waals surface area contributed by atoms with Gasteiger partial charge >= 0.3 is 0 Å². The van der Waals surface area contributed by atoms with Gasteiger partial charge in [-0.25, -0.2) is 8.42 Å². The van der Waals surface area contributed by atoms with Crippen molar-refractivity contribution in [1.29, 1.82) is 0 Å². The number of nitrogens with one attached hydrogen (secondary N) is 1. The summed E-state index contributed by atoms with van der Waals surface area (Å²) in [4.78, 5) is 11.7. The summed E-state index contributed by atoms with van der Waals surface area (Å²) >= 11 is 5.99. The molecule has 0 heterocycles. The van der Waals surface area contributed by atoms with Gasteiger partial charge in [0.2, 0.25) is 10.0 Å². The topological polar surface area (TPSA) is 66.5 Å². The SMILES string of the molecule is C=CCNC(=O)c1ccc(N(C)S(C)(=O)=O)cc1Cl. The maximum atomic E-state index is 11.7. The number of halogens is 1. The van der Waals surface area contributed by atoms with Crippen molar-refractivity contribution in [2.24, 2.45) is 0 Å². The van der Waals surface area contributed by atoms with Gasteiger partial charge in [-0.15, -0.1) is 6.58 Å². The Bertz CT molecular complexity index is 599. The Morgan fingerprint density at radius 2 is 2.16 bits per heavy atom. The summed E-state index contributed by atoms with van der Waals surface area (Å²) in [6.07, 6.45) is 2.64. The second-order valence-electron chi connectivity index (χ2n) is 3.89. The van der Waals surface area contributed by atoms with Gasteiger partial charge in [-0.2, -0.15) is 0 Å². The summed E-state index contributed by atoms with van der Waals surface area (Å²) in [5.74, 6) is -0.335. The molecule has 0 aromatic heterocycles. The third-order valence-electron chi connectivity index (χ3n) is 2.47. The Balaban J connectivity index is 3.04. The van der Waals surface area contributed by atoms with Gasteiger partial charge in [0, 0.05) is 13.6 Å². The molecule has 1 amide bonds. The largest absolute Gasteiger partial charge is 0.349 e. The second kappa shape index (κ2) is 6.08. The summed E-state index contributed by atoms with van der Waals surface area (Å²) in [5, 5.41) is 2.78. The van der Waals surface area contributed by atoms with E-state index in [-0.39, 0.29) is 16.5 Å². The molecule has 104 valence electrons. The summed E-state index contributed by atoms with van der Waals surface area (Å²) in [6.45, 7) is 3.83. The van der Waals surface area contributed by atoms with E-state index in [4.69, 9.17) is 11.6 Å². The van der Waals surface area contributed by atoms with Crippen LogP contribution in [-0.4, -0.2) is 34.2 Å². The van der Waals surface area contributed by atoms with Crippen molar-refractivity contribution >= 4 is 33.2 Å². The molecule has 1 rings (SSSR count). The molecule has 7 heteroatoms. The molecule has 0 radical (unpaired) electrons. The fourth-order valence-electron chi connectivity index (χ4n) is 1.34. The lowest BCUT2D eigenvalue weighted by molar-refractivity contribution is 0.0958. The smallest absolute Gasteiger partial charge is 0.253 e. The van der Waals surface area contributed by atoms with Crippen LogP contribution in [0.3, 0.4) is 0 Å². The molecular formula is C12H15ClN2O3S. The van der Waals surface area contributed by atoms with E-state index in [1.807, 2.05) is 0 Å². The Morgan fingerprint density at radius 1 is 1.53 bits per heavy atom. The number of benzene rings is 1. The first kappa shape index (κ1) is 15.5. The maximum Gasteiger partial charge on any atom is 0.253 e. The van der Waals surface area contributed by atoms with E-state index in [2.05, 4.69) is 11.9 Å². The van der Waals surface area contributed by atoms with Crippen molar-refractivity contribution in [2.45, 2.75) is 0 Å². The molecule has 19 heavy (non-hydrogen) atoms. The Labute approximate surface area is 117 Å². The molecule has 0 aliphatic rings. The minimum atomic E-state index is -3.36. The molecule has 0 spiro atoms. The van der Waals surface area contributed by atoms with Crippen LogP contribution in [-0.2, 0) is 10.0 Å². The fourth-order valence-corrected chi connectivity index (χ4v) is 2.09. The summed E-state index contributed by atoms with van der Waals surface area (Å²) in [6, 6.07) is 4.44. The molecule has 5 nitrogen and oxygen atoms in total. The molecule has 0 aliphatic carbocycles. The molecule has 0 unspecified atom stereocenters. The standard InChI is InChI=1S/C12H15ClN2O3S/c1-4-7-14-12(16)10-6-5-9(8-11(10)13)15(2)19(3,17)18/h4-6,8H,1,7H2,2-3H3,(H,14,16). The van der Waals surface area contributed by atoms with E-state index < -0.39 is 10.0 Å². The van der Waals surface area contributed by atoms with E-state index in [0.717, 1.165) is 10.6 Å². The molecule has 0 aliphatic heterocycles. The molecule has 0 atom stereocenters. The molecule has 0 saturated carbocycles. The quantitative estimate of drug-likeness (QED) is 0.841. The highest BCUT2D eigenvalue weighted by Gasteiger charge is 2.15. The number of carbonyl (C=O) groups is 1. The zero-order chi connectivity index (χ0) is 14.6. The van der Waals surface area contributed by atoms with Crippen molar-refractivity contribution in [3.8, 4) is 0 Å². The molecule has 1 N–H and O–H groups in total. The number of sulfonamides is 1. The molecular weight excluding hydrogens is 288 g/mol. The van der Waals surface area contributed by atoms with Gasteiger partial charge in [0.05, 0.1) is 22.5 Å². The number of amides is 1. The lowest BCUT2D eigenvalue weighted by atomic mass is 10.2. The van der Waals surface area contributed by atoms with Crippen molar-refractivity contribution < 1.29 is 13.2 Å². The highest BCUT2D eigenvalue weighted by molar-refractivity contribution is 7.92. The van der Waals surface area contributed by atoms with Crippen LogP contribution in [0.2, 0.25) is 5.02 Å². The van der Waals surface area contributed by atoms with Crippen LogP contribution in [0.4, 0.5) is 5.69 Å². The van der Waals surface area contributed by atoms with Crippen LogP contribution >= 0.6 is 11.6 Å². The highest BCUT2D eigenvalue weighted by atomic mass is 35.5. The van der Waals surface area contributed by atoms with Gasteiger partial charge in [0.25, 0.3) is 5.91 Å². The zero-order valence-electron chi connectivity index (χ0n) is 10.7. The number of rotatable bonds is 5. The average molecular weight is 303 g/mol. The van der Waals surface area contributed by atoms with Crippen LogP contribution in [0.15, 0.2) is 30.9 Å². The van der Waals surface area contributed by atoms with Gasteiger partial charge in [-0.1, -0.05) is 17.7 Å². The van der Waals surface area contributed by atoms with Crippen LogP contribution < -0.4 is 9.62 Å². The van der Waals surface area contributed by atoms with Crippen molar-refractivity contribution in [2.75, 3.05) is 24.2 Å². The van der Waals surface area contributed by atoms with Crippen LogP contribution in [0.1, 0.15) is 10.4 Å². The number of nitrogens with zero attached hydrogens (tertiary/aromatic N) is 1. The van der Waals surface area contributed by atoms with E-state index in [1.165, 1.54) is 25.2 Å². The lowest BCUT2D eigenvalue weighted by Crippen LogP contribution is -2.26. The molecule has 1 aromatic rings. The van der Waals surface area contributed by atoms with E-state index in [1.54, 1.807) is 6.08 Å². The van der Waals surface area contributed by atoms with Gasteiger partial charge < -0.3 is 5.32 Å². The molecule has 0 fully saturated rings. The Morgan fingerprint density at radius 3 is 2.63 bits per heavy atom. The minimum Gasteiger partial charge on any atom is -0.349 e. The third kappa shape index (κ3) is 3.97. The van der Waals surface area contributed by atoms with Gasteiger partial charge in [0.15, 0.2) is 0 Å². The molecule has 0 saturated heterocycles. The summed E-state index contributed by atoms with van der Waals surface area (Å²) in [7, 11) is -1.94. The highest BCUT2D eigenvalue weighted by Crippen LogP contribution is 2.24. The predicted molar refractivity (Wildman–Crippen MR) is 77.2 cm³/mol. The second-order valence-corrected chi connectivity index (χ2v) is 6.31. The first-order valence-corrected chi connectivity index (χ1v) is 7.62. The lowest BCUT2D eigenvalue weighted by Gasteiger charge is -2.17. The van der Waals surface area contributed by atoms with Crippen LogP contribution in [0.25, 0.3) is 0 Å². The zero-order valence-corrected chi connectivity index (χ0v) is 12.3. The van der Waals surface area contributed by atoms with Crippen molar-refractivity contribution in [1.82, 2.24) is 5.32 Å². The molecule has 0 bridgehead atoms. The maximum absolute atomic E-state index is 11.7. The first-order valence-electron chi connectivity index (χ1n) is 5.40. The molecule has 1 aromatic carbocycles. The van der Waals surface area contributed by atoms with E-state index >= 15 is 0 Å². The first-order chi connectivity index (χ1) is 8.77. The van der Waals surface area contributed by atoms with Crippen LogP contribution in [0.5, 0.6) is 0 Å². The van der Waals surface area contributed by atoms with Gasteiger partial charge in [-0.05, 0) is 18.2 Å². The number of hydrogen-bond donors (Lipinski definition) is 1. The third-order valence-corrected chi connectivity index (χ3v) is 3.98. The van der Waals surface area contributed by atoms with Crippen LogP contribution in [0, 0.1) is 0 Å². The number of carbonyl (C=O) groups excluding carboxylic acids is 1. The Kier molecular flexibility index (Phi) is 4.97. The summed E-state index contributed by atoms with van der Waals surface area (Å²) in [5.41, 5.74) is 0.682. The van der Waals surface area contributed by atoms with Gasteiger partial charge in [-0.3, -0.25) is 9.10 Å². The number of anilines is 1.